The average Bonchev–Trinajstić information content (AvgIpc) is 3.60. The van der Waals surface area contributed by atoms with Crippen LogP contribution in [0.3, 0.4) is 0 Å². The quantitative estimate of drug-likeness (QED) is 0.165. The molecule has 2 nitrogen and oxygen atoms in total. The second-order valence-corrected chi connectivity index (χ2v) is 17.9. The smallest absolute Gasteiger partial charge is 0.0246 e. The number of hydrogen-bond donors (Lipinski definition) is 0. The Bertz CT molecular complexity index is 2460. The molecule has 0 saturated heterocycles. The van der Waals surface area contributed by atoms with Crippen LogP contribution < -0.4 is 0 Å². The molecule has 269 valence electrons. The van der Waals surface area contributed by atoms with Gasteiger partial charge in [-0.25, -0.2) is 0 Å². The van der Waals surface area contributed by atoms with E-state index in [4.69, 9.17) is 4.98 Å². The molecule has 2 bridgehead atoms. The SMILES string of the molecule is CC1(C)c2c[c-]c(-c3cc(-c4ccccc4)ccn3)cc2C(C)(C)C1(C)C.[Ir].[c-]1cc2c(cc1-c1cc3c(cn1)C1CCC3CC1)sc1ccccc12. The van der Waals surface area contributed by atoms with Gasteiger partial charge in [-0.3, -0.25) is 0 Å². The Morgan fingerprint density at radius 1 is 0.585 bits per heavy atom. The zero-order valence-corrected chi connectivity index (χ0v) is 34.7. The van der Waals surface area contributed by atoms with E-state index >= 15 is 0 Å². The molecular weight excluding hydrogens is 841 g/mol. The van der Waals surface area contributed by atoms with Crippen LogP contribution in [0, 0.1) is 17.5 Å². The predicted octanol–water partition coefficient (Wildman–Crippen LogP) is 13.5. The number of aromatic nitrogens is 2. The summed E-state index contributed by atoms with van der Waals surface area (Å²) < 4.78 is 2.68. The van der Waals surface area contributed by atoms with Crippen LogP contribution in [0.4, 0.5) is 0 Å². The third-order valence-electron chi connectivity index (χ3n) is 13.7. The molecule has 11 rings (SSSR count). The number of fused-ring (bicyclic) bond motifs is 6. The molecule has 0 atom stereocenters. The molecule has 4 aliphatic rings. The van der Waals surface area contributed by atoms with Gasteiger partial charge in [0.25, 0.3) is 0 Å². The Morgan fingerprint density at radius 3 is 2.00 bits per heavy atom. The number of pyridine rings is 2. The van der Waals surface area contributed by atoms with Crippen molar-refractivity contribution in [3.05, 3.63) is 144 Å². The summed E-state index contributed by atoms with van der Waals surface area (Å²) in [6.45, 7) is 14.3. The fourth-order valence-corrected chi connectivity index (χ4v) is 10.5. The Morgan fingerprint density at radius 2 is 1.23 bits per heavy atom. The molecule has 53 heavy (non-hydrogen) atoms. The van der Waals surface area contributed by atoms with Crippen molar-refractivity contribution in [3.8, 4) is 33.6 Å². The van der Waals surface area contributed by atoms with Gasteiger partial charge in [-0.2, -0.15) is 11.3 Å². The van der Waals surface area contributed by atoms with E-state index in [-0.39, 0.29) is 36.4 Å². The normalized spacial score (nSPS) is 19.9. The Kier molecular flexibility index (Phi) is 9.12. The van der Waals surface area contributed by atoms with Crippen LogP contribution in [-0.4, -0.2) is 9.97 Å². The molecule has 1 fully saturated rings. The van der Waals surface area contributed by atoms with Crippen LogP contribution >= 0.6 is 11.3 Å². The summed E-state index contributed by atoms with van der Waals surface area (Å²) >= 11 is 1.86. The molecular formula is C49H46IrN2S-2. The van der Waals surface area contributed by atoms with Gasteiger partial charge in [0.15, 0.2) is 0 Å². The summed E-state index contributed by atoms with van der Waals surface area (Å²) in [6, 6.07) is 41.7. The van der Waals surface area contributed by atoms with Crippen LogP contribution in [0.1, 0.15) is 101 Å². The molecule has 1 saturated carbocycles. The summed E-state index contributed by atoms with van der Waals surface area (Å²) in [6.07, 6.45) is 9.50. The molecule has 3 aromatic heterocycles. The minimum atomic E-state index is 0. The zero-order valence-electron chi connectivity index (χ0n) is 31.5. The van der Waals surface area contributed by atoms with E-state index in [1.165, 1.54) is 73.7 Å². The van der Waals surface area contributed by atoms with Crippen LogP contribution in [0.15, 0.2) is 109 Å². The van der Waals surface area contributed by atoms with Crippen LogP contribution in [0.25, 0.3) is 53.8 Å². The Hall–Kier alpha value is -3.95. The fraction of sp³-hybridized carbons (Fsp3) is 0.306. The van der Waals surface area contributed by atoms with Gasteiger partial charge < -0.3 is 9.97 Å². The van der Waals surface area contributed by atoms with Crippen molar-refractivity contribution in [1.82, 2.24) is 9.97 Å². The molecule has 4 aliphatic carbocycles. The first-order valence-corrected chi connectivity index (χ1v) is 19.8. The maximum absolute atomic E-state index is 4.82. The summed E-state index contributed by atoms with van der Waals surface area (Å²) in [7, 11) is 0. The minimum absolute atomic E-state index is 0. The van der Waals surface area contributed by atoms with Crippen molar-refractivity contribution in [1.29, 1.82) is 0 Å². The van der Waals surface area contributed by atoms with E-state index in [1.807, 2.05) is 23.6 Å². The maximum Gasteiger partial charge on any atom is 0.0246 e. The van der Waals surface area contributed by atoms with Crippen molar-refractivity contribution < 1.29 is 20.1 Å². The maximum atomic E-state index is 4.82. The molecule has 0 N–H and O–H groups in total. The van der Waals surface area contributed by atoms with E-state index in [0.717, 1.165) is 34.4 Å². The van der Waals surface area contributed by atoms with Gasteiger partial charge in [-0.05, 0) is 110 Å². The number of nitrogens with zero attached hydrogens (tertiary/aromatic N) is 2. The first-order valence-electron chi connectivity index (χ1n) is 18.9. The van der Waals surface area contributed by atoms with Crippen molar-refractivity contribution in [2.75, 3.05) is 0 Å². The van der Waals surface area contributed by atoms with Crippen molar-refractivity contribution in [3.63, 3.8) is 0 Å². The molecule has 4 heteroatoms. The van der Waals surface area contributed by atoms with E-state index < -0.39 is 0 Å². The van der Waals surface area contributed by atoms with Crippen molar-refractivity contribution in [2.45, 2.75) is 89.9 Å². The molecule has 0 unspecified atom stereocenters. The standard InChI is InChI=1S/C26H28N.C23H18NS.Ir/c1-24(2)21-13-12-20(16-22(21)25(3,4)26(24,5)6)23-17-19(14-15-27-23)18-10-8-7-9-11-18;1-2-4-22-17(3-1)18-10-9-16(11-23(18)25-22)21-12-19-14-5-7-15(8-6-14)20(19)13-24-21;/h7-11,13-17H,1-6H3;1-4,10-15H,5-8H2;/q2*-1;. The zero-order chi connectivity index (χ0) is 35.8. The first kappa shape index (κ1) is 36.0. The monoisotopic (exact) mass is 887 g/mol. The molecule has 0 aliphatic heterocycles. The molecule has 4 aromatic carbocycles. The molecule has 7 aromatic rings. The molecule has 0 amide bonds. The summed E-state index contributed by atoms with van der Waals surface area (Å²) in [5.41, 5.74) is 13.0. The van der Waals surface area contributed by atoms with Gasteiger partial charge >= 0.3 is 0 Å². The van der Waals surface area contributed by atoms with E-state index in [0.29, 0.717) is 0 Å². The fourth-order valence-electron chi connectivity index (χ4n) is 9.37. The van der Waals surface area contributed by atoms with Gasteiger partial charge in [0.1, 0.15) is 0 Å². The average molecular weight is 887 g/mol. The van der Waals surface area contributed by atoms with Crippen molar-refractivity contribution >= 4 is 31.5 Å². The predicted molar refractivity (Wildman–Crippen MR) is 219 cm³/mol. The van der Waals surface area contributed by atoms with Crippen LogP contribution in [-0.2, 0) is 30.9 Å². The van der Waals surface area contributed by atoms with E-state index in [2.05, 4.69) is 156 Å². The largest absolute Gasteiger partial charge is 0.305 e. The van der Waals surface area contributed by atoms with Crippen LogP contribution in [0.5, 0.6) is 0 Å². The van der Waals surface area contributed by atoms with E-state index in [1.54, 1.807) is 5.56 Å². The number of hydrogen-bond acceptors (Lipinski definition) is 3. The van der Waals surface area contributed by atoms with Crippen molar-refractivity contribution in [2.24, 2.45) is 5.41 Å². The summed E-state index contributed by atoms with van der Waals surface area (Å²) in [5.74, 6) is 1.52. The number of rotatable bonds is 3. The van der Waals surface area contributed by atoms with Gasteiger partial charge in [0.2, 0.25) is 0 Å². The molecule has 3 heterocycles. The van der Waals surface area contributed by atoms with Crippen LogP contribution in [0.2, 0.25) is 0 Å². The Balaban J connectivity index is 0.000000148. The molecule has 0 spiro atoms. The number of benzene rings is 4. The summed E-state index contributed by atoms with van der Waals surface area (Å²) in [4.78, 5) is 9.46. The second kappa shape index (κ2) is 13.4. The third kappa shape index (κ3) is 5.84. The summed E-state index contributed by atoms with van der Waals surface area (Å²) in [5, 5.41) is 2.64. The first-order chi connectivity index (χ1) is 25.0. The second-order valence-electron chi connectivity index (χ2n) is 16.8. The minimum Gasteiger partial charge on any atom is -0.305 e. The van der Waals surface area contributed by atoms with Gasteiger partial charge in [-0.1, -0.05) is 108 Å². The van der Waals surface area contributed by atoms with Gasteiger partial charge in [0.05, 0.1) is 0 Å². The third-order valence-corrected chi connectivity index (χ3v) is 14.9. The topological polar surface area (TPSA) is 25.8 Å². The number of thiophene rings is 1. The van der Waals surface area contributed by atoms with Gasteiger partial charge in [0, 0.05) is 37.2 Å². The van der Waals surface area contributed by atoms with E-state index in [9.17, 15) is 0 Å². The van der Waals surface area contributed by atoms with Gasteiger partial charge in [-0.15, -0.1) is 58.7 Å². The molecule has 1 radical (unpaired) electrons. The Labute approximate surface area is 332 Å².